The molecule has 0 aliphatic rings. The van der Waals surface area contributed by atoms with Gasteiger partial charge in [0.2, 0.25) is 9.84 Å². The smallest absolute Gasteiger partial charge is 0.338 e. The molecule has 4 aromatic carbocycles. The van der Waals surface area contributed by atoms with E-state index in [1.807, 2.05) is 60.7 Å². The zero-order valence-electron chi connectivity index (χ0n) is 20.1. The first-order valence-electron chi connectivity index (χ1n) is 11.4. The van der Waals surface area contributed by atoms with Gasteiger partial charge < -0.3 is 15.2 Å². The highest BCUT2D eigenvalue weighted by atomic mass is 32.2. The van der Waals surface area contributed by atoms with Crippen molar-refractivity contribution in [3.05, 3.63) is 119 Å². The van der Waals surface area contributed by atoms with Crippen LogP contribution in [-0.2, 0) is 27.6 Å². The summed E-state index contributed by atoms with van der Waals surface area (Å²) >= 11 is 0. The normalized spacial score (nSPS) is 11.2. The van der Waals surface area contributed by atoms with E-state index >= 15 is 0 Å². The van der Waals surface area contributed by atoms with Crippen LogP contribution in [0.4, 0.5) is 5.69 Å². The summed E-state index contributed by atoms with van der Waals surface area (Å²) in [4.78, 5) is 13.2. The van der Waals surface area contributed by atoms with E-state index in [1.165, 1.54) is 25.3 Å². The molecule has 0 aromatic heterocycles. The number of carbonyl (C=O) groups is 1. The zero-order chi connectivity index (χ0) is 25.7. The van der Waals surface area contributed by atoms with E-state index in [0.29, 0.717) is 23.3 Å². The quantitative estimate of drug-likeness (QED) is 0.258. The Labute approximate surface area is 211 Å². The van der Waals surface area contributed by atoms with Gasteiger partial charge in [-0.1, -0.05) is 60.7 Å². The monoisotopic (exact) mass is 501 g/mol. The summed E-state index contributed by atoms with van der Waals surface area (Å²) in [5, 5.41) is 0. The fraction of sp³-hybridized carbons (Fsp3) is 0.138. The molecule has 0 atom stereocenters. The van der Waals surface area contributed by atoms with Crippen LogP contribution in [0.3, 0.4) is 0 Å². The summed E-state index contributed by atoms with van der Waals surface area (Å²) in [5.74, 6) is -0.0828. The number of hydrogen-bond donors (Lipinski definition) is 1. The molecule has 36 heavy (non-hydrogen) atoms. The molecule has 4 rings (SSSR count). The van der Waals surface area contributed by atoms with Crippen molar-refractivity contribution in [1.29, 1.82) is 0 Å². The Kier molecular flexibility index (Phi) is 7.41. The molecule has 0 fully saturated rings. The Morgan fingerprint density at radius 3 is 2.03 bits per heavy atom. The van der Waals surface area contributed by atoms with Crippen LogP contribution in [0.2, 0.25) is 0 Å². The molecule has 0 heterocycles. The summed E-state index contributed by atoms with van der Waals surface area (Å²) in [6.45, 7) is 1.79. The van der Waals surface area contributed by atoms with Gasteiger partial charge in [-0.3, -0.25) is 0 Å². The lowest BCUT2D eigenvalue weighted by Gasteiger charge is -2.18. The van der Waals surface area contributed by atoms with Crippen LogP contribution >= 0.6 is 0 Å². The second kappa shape index (κ2) is 10.7. The minimum Gasteiger partial charge on any atom is -0.497 e. The molecule has 0 saturated heterocycles. The minimum absolute atomic E-state index is 0.0498. The summed E-state index contributed by atoms with van der Waals surface area (Å²) in [7, 11) is -2.51. The molecule has 7 heteroatoms. The van der Waals surface area contributed by atoms with Crippen molar-refractivity contribution >= 4 is 21.5 Å². The third-order valence-electron chi connectivity index (χ3n) is 6.04. The van der Waals surface area contributed by atoms with Gasteiger partial charge >= 0.3 is 5.97 Å². The van der Waals surface area contributed by atoms with E-state index in [-0.39, 0.29) is 27.6 Å². The largest absolute Gasteiger partial charge is 0.497 e. The van der Waals surface area contributed by atoms with Crippen molar-refractivity contribution in [2.75, 3.05) is 12.8 Å². The Balaban J connectivity index is 1.80. The number of rotatable bonds is 8. The number of ether oxygens (including phenoxy) is 2. The van der Waals surface area contributed by atoms with Gasteiger partial charge in [0.1, 0.15) is 12.4 Å². The van der Waals surface area contributed by atoms with Crippen LogP contribution in [0.5, 0.6) is 5.75 Å². The first-order valence-corrected chi connectivity index (χ1v) is 12.9. The van der Waals surface area contributed by atoms with Gasteiger partial charge in [0, 0.05) is 0 Å². The van der Waals surface area contributed by atoms with Crippen LogP contribution in [0.1, 0.15) is 32.6 Å². The van der Waals surface area contributed by atoms with Crippen molar-refractivity contribution in [2.24, 2.45) is 0 Å². The molecule has 0 aliphatic carbocycles. The van der Waals surface area contributed by atoms with Crippen LogP contribution in [0, 0.1) is 6.92 Å². The number of nitrogens with two attached hydrogens (primary N) is 1. The highest BCUT2D eigenvalue weighted by molar-refractivity contribution is 7.91. The lowest BCUT2D eigenvalue weighted by Crippen LogP contribution is -2.15. The molecular weight excluding hydrogens is 474 g/mol. The molecule has 0 bridgehead atoms. The summed E-state index contributed by atoms with van der Waals surface area (Å²) < 4.78 is 37.9. The molecule has 0 radical (unpaired) electrons. The van der Waals surface area contributed by atoms with Crippen molar-refractivity contribution in [2.45, 2.75) is 29.7 Å². The maximum absolute atomic E-state index is 13.6. The van der Waals surface area contributed by atoms with Crippen molar-refractivity contribution in [1.82, 2.24) is 0 Å². The van der Waals surface area contributed by atoms with Crippen LogP contribution < -0.4 is 10.5 Å². The second-order valence-corrected chi connectivity index (χ2v) is 10.3. The zero-order valence-corrected chi connectivity index (χ0v) is 20.9. The third-order valence-corrected chi connectivity index (χ3v) is 7.85. The second-order valence-electron chi connectivity index (χ2n) is 8.34. The molecular formula is C29H27NO5S. The predicted octanol–water partition coefficient (Wildman–Crippen LogP) is 5.37. The number of carbonyl (C=O) groups excluding carboxylic acids is 1. The molecule has 184 valence electrons. The van der Waals surface area contributed by atoms with Crippen LogP contribution in [-0.4, -0.2) is 21.5 Å². The van der Waals surface area contributed by atoms with Crippen molar-refractivity contribution < 1.29 is 22.7 Å². The van der Waals surface area contributed by atoms with Gasteiger partial charge in [0.05, 0.1) is 28.2 Å². The van der Waals surface area contributed by atoms with Crippen molar-refractivity contribution in [3.8, 4) is 5.75 Å². The molecule has 0 saturated carbocycles. The number of hydrogen-bond acceptors (Lipinski definition) is 6. The maximum atomic E-state index is 13.6. The summed E-state index contributed by atoms with van der Waals surface area (Å²) in [6.07, 6.45) is 0.398. The van der Waals surface area contributed by atoms with E-state index in [9.17, 15) is 13.2 Å². The highest BCUT2D eigenvalue weighted by Gasteiger charge is 2.27. The van der Waals surface area contributed by atoms with E-state index in [2.05, 4.69) is 0 Å². The maximum Gasteiger partial charge on any atom is 0.338 e. The lowest BCUT2D eigenvalue weighted by atomic mass is 9.94. The molecule has 2 N–H and O–H groups in total. The van der Waals surface area contributed by atoms with Gasteiger partial charge in [0.15, 0.2) is 0 Å². The van der Waals surface area contributed by atoms with Gasteiger partial charge in [-0.15, -0.1) is 0 Å². The Hall–Kier alpha value is -4.10. The van der Waals surface area contributed by atoms with Gasteiger partial charge in [-0.05, 0) is 65.9 Å². The van der Waals surface area contributed by atoms with Gasteiger partial charge in [-0.25, -0.2) is 13.2 Å². The topological polar surface area (TPSA) is 95.7 Å². The molecule has 0 amide bonds. The Morgan fingerprint density at radius 2 is 1.44 bits per heavy atom. The van der Waals surface area contributed by atoms with E-state index in [0.717, 1.165) is 11.1 Å². The number of sulfone groups is 1. The lowest BCUT2D eigenvalue weighted by molar-refractivity contribution is 0.0471. The average Bonchev–Trinajstić information content (AvgIpc) is 2.91. The number of nitrogen functional groups attached to an aromatic ring is 1. The molecule has 4 aromatic rings. The first kappa shape index (κ1) is 25.0. The molecule has 0 unspecified atom stereocenters. The van der Waals surface area contributed by atoms with Crippen molar-refractivity contribution in [3.63, 3.8) is 0 Å². The van der Waals surface area contributed by atoms with E-state index in [4.69, 9.17) is 15.2 Å². The average molecular weight is 502 g/mol. The van der Waals surface area contributed by atoms with Gasteiger partial charge in [-0.2, -0.15) is 0 Å². The Morgan fingerprint density at radius 1 is 0.861 bits per heavy atom. The van der Waals surface area contributed by atoms with Gasteiger partial charge in [0.25, 0.3) is 0 Å². The minimum atomic E-state index is -4.02. The molecule has 0 aliphatic heterocycles. The standard InChI is InChI=1S/C29H27NO5S/c1-20-25(17-21-9-5-3-6-10-21)26(29(31)35-19-22-11-7-4-8-12-22)18-27(28(20)30)36(32,33)24-15-13-23(34-2)14-16-24/h3-16,18H,17,19,30H2,1-2H3. The third kappa shape index (κ3) is 5.26. The van der Waals surface area contributed by atoms with E-state index < -0.39 is 15.8 Å². The first-order chi connectivity index (χ1) is 17.3. The summed E-state index contributed by atoms with van der Waals surface area (Å²) in [6, 6.07) is 26.3. The molecule has 6 nitrogen and oxygen atoms in total. The predicted molar refractivity (Wildman–Crippen MR) is 139 cm³/mol. The Bertz CT molecular complexity index is 1470. The SMILES string of the molecule is COc1ccc(S(=O)(=O)c2cc(C(=O)OCc3ccccc3)c(Cc3ccccc3)c(C)c2N)cc1. The highest BCUT2D eigenvalue weighted by Crippen LogP contribution is 2.34. The number of esters is 1. The van der Waals surface area contributed by atoms with Crippen LogP contribution in [0.15, 0.2) is 101 Å². The fourth-order valence-electron chi connectivity index (χ4n) is 3.96. The number of methoxy groups -OCH3 is 1. The van der Waals surface area contributed by atoms with Crippen LogP contribution in [0.25, 0.3) is 0 Å². The summed E-state index contributed by atoms with van der Waals surface area (Å²) in [5.41, 5.74) is 9.62. The molecule has 0 spiro atoms. The number of benzene rings is 4. The van der Waals surface area contributed by atoms with E-state index in [1.54, 1.807) is 19.1 Å². The fourth-order valence-corrected chi connectivity index (χ4v) is 5.42. The number of anilines is 1.